The Labute approximate surface area is 193 Å². The van der Waals surface area contributed by atoms with Gasteiger partial charge in [-0.2, -0.15) is 0 Å². The zero-order chi connectivity index (χ0) is 23.0. The van der Waals surface area contributed by atoms with Crippen molar-refractivity contribution >= 4 is 18.3 Å². The molecule has 2 aromatic carbocycles. The second-order valence-electron chi connectivity index (χ2n) is 7.65. The lowest BCUT2D eigenvalue weighted by Crippen LogP contribution is -2.39. The molecule has 33 heavy (non-hydrogen) atoms. The fourth-order valence-electron chi connectivity index (χ4n) is 4.04. The Bertz CT molecular complexity index is 1180. The van der Waals surface area contributed by atoms with Crippen LogP contribution >= 0.6 is 12.4 Å². The second kappa shape index (κ2) is 9.44. The summed E-state index contributed by atoms with van der Waals surface area (Å²) < 4.78 is 58.1. The van der Waals surface area contributed by atoms with Gasteiger partial charge in [0.2, 0.25) is 0 Å². The van der Waals surface area contributed by atoms with E-state index in [0.29, 0.717) is 53.0 Å². The van der Waals surface area contributed by atoms with Crippen LogP contribution < -0.4 is 15.8 Å². The summed E-state index contributed by atoms with van der Waals surface area (Å²) >= 11 is 0. The van der Waals surface area contributed by atoms with Crippen LogP contribution in [0.25, 0.3) is 22.3 Å². The molecule has 1 aromatic heterocycles. The number of carbonyl (C=O) groups is 1. The third-order valence-corrected chi connectivity index (χ3v) is 5.46. The number of fused-ring (bicyclic) bond motifs is 1. The van der Waals surface area contributed by atoms with Gasteiger partial charge in [0, 0.05) is 23.9 Å². The van der Waals surface area contributed by atoms with Crippen LogP contribution in [-0.4, -0.2) is 29.9 Å². The summed E-state index contributed by atoms with van der Waals surface area (Å²) in [6.45, 7) is 2.39. The Morgan fingerprint density at radius 2 is 1.94 bits per heavy atom. The summed E-state index contributed by atoms with van der Waals surface area (Å²) in [6, 6.07) is 9.92. The third-order valence-electron chi connectivity index (χ3n) is 5.46. The standard InChI is InChI=1S/C23H21F4N3O2.ClH/c1-13-9-15(5-6-19(13)24)20-18(14-3-2-4-17(10-14)32-23(25,26)27)12-30-16(7-8-28)11-29-22(31)21(20)30;/h2-6,9-10,12,16H,7-8,11,28H2,1H3,(H,29,31);1H/t16-;/m0./s1. The summed E-state index contributed by atoms with van der Waals surface area (Å²) in [5.74, 6) is -1.08. The number of nitrogens with one attached hydrogen (secondary N) is 1. The maximum atomic E-state index is 13.9. The first kappa shape index (κ1) is 24.6. The van der Waals surface area contributed by atoms with Gasteiger partial charge in [-0.05, 0) is 60.8 Å². The molecule has 1 aliphatic heterocycles. The van der Waals surface area contributed by atoms with Crippen molar-refractivity contribution in [3.63, 3.8) is 0 Å². The lowest BCUT2D eigenvalue weighted by molar-refractivity contribution is -0.274. The van der Waals surface area contributed by atoms with Crippen molar-refractivity contribution in [1.29, 1.82) is 0 Å². The van der Waals surface area contributed by atoms with Gasteiger partial charge in [0.25, 0.3) is 5.91 Å². The van der Waals surface area contributed by atoms with Crippen LogP contribution in [0.15, 0.2) is 48.7 Å². The molecule has 2 heterocycles. The predicted octanol–water partition coefficient (Wildman–Crippen LogP) is 5.22. The molecule has 3 N–H and O–H groups in total. The number of rotatable bonds is 5. The van der Waals surface area contributed by atoms with Gasteiger partial charge < -0.3 is 20.4 Å². The van der Waals surface area contributed by atoms with Gasteiger partial charge in [-0.15, -0.1) is 25.6 Å². The monoisotopic (exact) mass is 483 g/mol. The Morgan fingerprint density at radius 3 is 2.61 bits per heavy atom. The van der Waals surface area contributed by atoms with E-state index in [1.807, 2.05) is 4.57 Å². The number of halogens is 5. The minimum absolute atomic E-state index is 0. The van der Waals surface area contributed by atoms with Crippen LogP contribution in [0.1, 0.15) is 28.5 Å². The van der Waals surface area contributed by atoms with Gasteiger partial charge in [-0.25, -0.2) is 4.39 Å². The molecule has 0 bridgehead atoms. The Balaban J connectivity index is 0.00000306. The lowest BCUT2D eigenvalue weighted by Gasteiger charge is -2.26. The summed E-state index contributed by atoms with van der Waals surface area (Å²) in [6.07, 6.45) is -2.49. The van der Waals surface area contributed by atoms with Crippen LogP contribution in [-0.2, 0) is 0 Å². The van der Waals surface area contributed by atoms with Crippen LogP contribution in [0.2, 0.25) is 0 Å². The Hall–Kier alpha value is -3.04. The van der Waals surface area contributed by atoms with Crippen molar-refractivity contribution in [1.82, 2.24) is 9.88 Å². The average Bonchev–Trinajstić information content (AvgIpc) is 3.13. The number of aryl methyl sites for hydroxylation is 1. The number of ether oxygens (including phenoxy) is 1. The smallest absolute Gasteiger partial charge is 0.406 e. The number of carbonyl (C=O) groups excluding carboxylic acids is 1. The summed E-state index contributed by atoms with van der Waals surface area (Å²) in [7, 11) is 0. The number of nitrogens with two attached hydrogens (primary N) is 1. The summed E-state index contributed by atoms with van der Waals surface area (Å²) in [5.41, 5.74) is 8.56. The Kier molecular flexibility index (Phi) is 7.04. The molecule has 1 aliphatic rings. The number of hydrogen-bond donors (Lipinski definition) is 2. The van der Waals surface area contributed by atoms with Crippen LogP contribution in [0, 0.1) is 12.7 Å². The molecule has 0 fully saturated rings. The molecule has 0 spiro atoms. The van der Waals surface area contributed by atoms with E-state index >= 15 is 0 Å². The van der Waals surface area contributed by atoms with Gasteiger partial charge in [0.15, 0.2) is 0 Å². The third kappa shape index (κ3) is 4.99. The van der Waals surface area contributed by atoms with E-state index in [1.165, 1.54) is 24.3 Å². The second-order valence-corrected chi connectivity index (χ2v) is 7.65. The number of nitrogens with zero attached hydrogens (tertiary/aromatic N) is 1. The van der Waals surface area contributed by atoms with Gasteiger partial charge in [0.1, 0.15) is 17.3 Å². The highest BCUT2D eigenvalue weighted by Gasteiger charge is 2.33. The topological polar surface area (TPSA) is 69.3 Å². The largest absolute Gasteiger partial charge is 0.573 e. The normalized spacial score (nSPS) is 15.5. The minimum Gasteiger partial charge on any atom is -0.406 e. The van der Waals surface area contributed by atoms with Gasteiger partial charge >= 0.3 is 6.36 Å². The molecule has 3 aromatic rings. The molecule has 0 radical (unpaired) electrons. The first-order valence-corrected chi connectivity index (χ1v) is 10.0. The maximum absolute atomic E-state index is 13.9. The number of benzene rings is 2. The molecule has 0 aliphatic carbocycles. The molecule has 0 saturated heterocycles. The van der Waals surface area contributed by atoms with Gasteiger partial charge in [-0.3, -0.25) is 4.79 Å². The van der Waals surface area contributed by atoms with Crippen molar-refractivity contribution in [3.8, 4) is 28.0 Å². The van der Waals surface area contributed by atoms with Crippen LogP contribution in [0.3, 0.4) is 0 Å². The van der Waals surface area contributed by atoms with E-state index < -0.39 is 12.2 Å². The highest BCUT2D eigenvalue weighted by Crippen LogP contribution is 2.41. The molecule has 0 saturated carbocycles. The average molecular weight is 484 g/mol. The van der Waals surface area contributed by atoms with E-state index in [4.69, 9.17) is 5.73 Å². The van der Waals surface area contributed by atoms with Gasteiger partial charge in [-0.1, -0.05) is 18.2 Å². The molecule has 10 heteroatoms. The van der Waals surface area contributed by atoms with Crippen LogP contribution in [0.5, 0.6) is 5.75 Å². The van der Waals surface area contributed by atoms with Crippen molar-refractivity contribution in [3.05, 3.63) is 65.7 Å². The van der Waals surface area contributed by atoms with E-state index in [2.05, 4.69) is 10.1 Å². The molecule has 5 nitrogen and oxygen atoms in total. The van der Waals surface area contributed by atoms with Crippen molar-refractivity contribution in [2.24, 2.45) is 5.73 Å². The zero-order valence-electron chi connectivity index (χ0n) is 17.6. The minimum atomic E-state index is -4.83. The van der Waals surface area contributed by atoms with Crippen LogP contribution in [0.4, 0.5) is 17.6 Å². The van der Waals surface area contributed by atoms with Gasteiger partial charge in [0.05, 0.1) is 6.04 Å². The molecular formula is C23H22ClF4N3O2. The number of amides is 1. The van der Waals surface area contributed by atoms with E-state index in [9.17, 15) is 22.4 Å². The fourth-order valence-corrected chi connectivity index (χ4v) is 4.04. The summed E-state index contributed by atoms with van der Waals surface area (Å²) in [5, 5.41) is 2.85. The van der Waals surface area contributed by atoms with Crippen molar-refractivity contribution < 1.29 is 27.1 Å². The van der Waals surface area contributed by atoms with Crippen molar-refractivity contribution in [2.75, 3.05) is 13.1 Å². The lowest BCUT2D eigenvalue weighted by atomic mass is 9.95. The van der Waals surface area contributed by atoms with Crippen molar-refractivity contribution in [2.45, 2.75) is 25.7 Å². The molecule has 0 unspecified atom stereocenters. The molecule has 4 rings (SSSR count). The predicted molar refractivity (Wildman–Crippen MR) is 119 cm³/mol. The molecule has 176 valence electrons. The number of aromatic nitrogens is 1. The maximum Gasteiger partial charge on any atom is 0.573 e. The number of alkyl halides is 3. The number of hydrogen-bond acceptors (Lipinski definition) is 3. The zero-order valence-corrected chi connectivity index (χ0v) is 18.4. The first-order valence-electron chi connectivity index (χ1n) is 10.0. The van der Waals surface area contributed by atoms with E-state index in [1.54, 1.807) is 31.3 Å². The molecular weight excluding hydrogens is 462 g/mol. The van der Waals surface area contributed by atoms with E-state index in [-0.39, 0.29) is 30.1 Å². The first-order chi connectivity index (χ1) is 15.2. The highest BCUT2D eigenvalue weighted by atomic mass is 35.5. The van der Waals surface area contributed by atoms with E-state index in [0.717, 1.165) is 0 Å². The SMILES string of the molecule is Cc1cc(-c2c(-c3cccc(OC(F)(F)F)c3)cn3c2C(=O)NC[C@@H]3CCN)ccc1F.Cl. The molecule has 1 atom stereocenters. The quantitative estimate of drug-likeness (QED) is 0.489. The molecule has 1 amide bonds. The fraction of sp³-hybridized carbons (Fsp3) is 0.261. The highest BCUT2D eigenvalue weighted by molar-refractivity contribution is 6.05. The Morgan fingerprint density at radius 1 is 1.18 bits per heavy atom. The summed E-state index contributed by atoms with van der Waals surface area (Å²) in [4.78, 5) is 12.9.